The molecule has 0 radical (unpaired) electrons. The Labute approximate surface area is 178 Å². The fraction of sp³-hybridized carbons (Fsp3) is 0.0870. The van der Waals surface area contributed by atoms with E-state index in [9.17, 15) is 4.79 Å². The second-order valence-electron chi connectivity index (χ2n) is 6.69. The van der Waals surface area contributed by atoms with Crippen LogP contribution in [0.5, 0.6) is 0 Å². The number of nitrogens with one attached hydrogen (secondary N) is 2. The van der Waals surface area contributed by atoms with Gasteiger partial charge < -0.3 is 5.32 Å². The zero-order valence-electron chi connectivity index (χ0n) is 15.8. The fourth-order valence-corrected chi connectivity index (χ4v) is 4.00. The fourth-order valence-electron chi connectivity index (χ4n) is 2.87. The Morgan fingerprint density at radius 2 is 1.72 bits per heavy atom. The van der Waals surface area contributed by atoms with Crippen LogP contribution < -0.4 is 10.6 Å². The average Bonchev–Trinajstić information content (AvgIpc) is 3.17. The van der Waals surface area contributed by atoms with Gasteiger partial charge >= 0.3 is 0 Å². The molecule has 4 nitrogen and oxygen atoms in total. The second-order valence-corrected chi connectivity index (χ2v) is 8.13. The number of thiazole rings is 1. The molecule has 0 aliphatic heterocycles. The number of carbonyl (C=O) groups excluding carboxylic acids is 1. The summed E-state index contributed by atoms with van der Waals surface area (Å²) < 4.78 is 1.18. The summed E-state index contributed by atoms with van der Waals surface area (Å²) in [5, 5.41) is 7.11. The van der Waals surface area contributed by atoms with Crippen LogP contribution in [0.25, 0.3) is 20.8 Å². The number of amides is 1. The molecule has 4 aromatic rings. The summed E-state index contributed by atoms with van der Waals surface area (Å²) in [5.41, 5.74) is 4.87. The van der Waals surface area contributed by atoms with Gasteiger partial charge in [0.25, 0.3) is 5.91 Å². The minimum atomic E-state index is -0.214. The van der Waals surface area contributed by atoms with E-state index in [1.165, 1.54) is 4.70 Å². The molecule has 0 fully saturated rings. The van der Waals surface area contributed by atoms with Crippen molar-refractivity contribution in [2.75, 3.05) is 0 Å². The topological polar surface area (TPSA) is 54.0 Å². The standard InChI is InChI=1S/C23H19N3OS2/c1-15-6-10-17(11-7-15)21(27)26-23(28)24-14-16-8-12-18(13-9-16)22-25-19-4-2-3-5-20(19)29-22/h2-13H,14H2,1H3,(H2,24,26,27,28). The van der Waals surface area contributed by atoms with Gasteiger partial charge in [0.1, 0.15) is 5.01 Å². The van der Waals surface area contributed by atoms with Crippen LogP contribution >= 0.6 is 23.6 Å². The SMILES string of the molecule is Cc1ccc(C(=O)NC(=S)NCc2ccc(-c3nc4ccccc4s3)cc2)cc1. The van der Waals surface area contributed by atoms with Gasteiger partial charge in [0.15, 0.2) is 5.11 Å². The van der Waals surface area contributed by atoms with Crippen molar-refractivity contribution < 1.29 is 4.79 Å². The molecule has 1 aromatic heterocycles. The lowest BCUT2D eigenvalue weighted by Crippen LogP contribution is -2.38. The van der Waals surface area contributed by atoms with E-state index in [-0.39, 0.29) is 5.91 Å². The number of benzene rings is 3. The van der Waals surface area contributed by atoms with Crippen LogP contribution in [0.4, 0.5) is 0 Å². The number of rotatable bonds is 4. The molecule has 2 N–H and O–H groups in total. The summed E-state index contributed by atoms with van der Waals surface area (Å²) in [6.07, 6.45) is 0. The summed E-state index contributed by atoms with van der Waals surface area (Å²) in [4.78, 5) is 16.9. The number of thiocarbonyl (C=S) groups is 1. The van der Waals surface area contributed by atoms with Crippen molar-refractivity contribution in [3.63, 3.8) is 0 Å². The predicted molar refractivity (Wildman–Crippen MR) is 123 cm³/mol. The minimum Gasteiger partial charge on any atom is -0.358 e. The number of fused-ring (bicyclic) bond motifs is 1. The molecule has 0 spiro atoms. The van der Waals surface area contributed by atoms with E-state index in [0.717, 1.165) is 27.2 Å². The van der Waals surface area contributed by atoms with Crippen molar-refractivity contribution >= 4 is 44.8 Å². The van der Waals surface area contributed by atoms with Gasteiger partial charge in [0.05, 0.1) is 10.2 Å². The van der Waals surface area contributed by atoms with Crippen molar-refractivity contribution in [2.45, 2.75) is 13.5 Å². The van der Waals surface area contributed by atoms with Crippen LogP contribution in [-0.2, 0) is 6.54 Å². The quantitative estimate of drug-likeness (QED) is 0.455. The van der Waals surface area contributed by atoms with Crippen molar-refractivity contribution in [3.8, 4) is 10.6 Å². The lowest BCUT2D eigenvalue weighted by Gasteiger charge is -2.10. The minimum absolute atomic E-state index is 0.214. The molecule has 1 heterocycles. The van der Waals surface area contributed by atoms with E-state index in [4.69, 9.17) is 12.2 Å². The molecule has 3 aromatic carbocycles. The Morgan fingerprint density at radius 3 is 2.45 bits per heavy atom. The van der Waals surface area contributed by atoms with Gasteiger partial charge in [-0.25, -0.2) is 4.98 Å². The van der Waals surface area contributed by atoms with Crippen molar-refractivity contribution in [2.24, 2.45) is 0 Å². The lowest BCUT2D eigenvalue weighted by molar-refractivity contribution is 0.0976. The zero-order chi connectivity index (χ0) is 20.2. The molecule has 144 valence electrons. The third kappa shape index (κ3) is 4.67. The van der Waals surface area contributed by atoms with E-state index in [0.29, 0.717) is 17.2 Å². The highest BCUT2D eigenvalue weighted by Gasteiger charge is 2.08. The highest BCUT2D eigenvalue weighted by atomic mass is 32.1. The third-order valence-corrected chi connectivity index (χ3v) is 5.82. The normalized spacial score (nSPS) is 10.7. The van der Waals surface area contributed by atoms with Crippen molar-refractivity contribution in [1.29, 1.82) is 0 Å². The summed E-state index contributed by atoms with van der Waals surface area (Å²) in [6.45, 7) is 2.52. The molecule has 29 heavy (non-hydrogen) atoms. The summed E-state index contributed by atoms with van der Waals surface area (Å²) >= 11 is 6.93. The first-order chi connectivity index (χ1) is 14.1. The second kappa shape index (κ2) is 8.51. The van der Waals surface area contributed by atoms with Crippen LogP contribution in [0.2, 0.25) is 0 Å². The monoisotopic (exact) mass is 417 g/mol. The van der Waals surface area contributed by atoms with E-state index in [2.05, 4.69) is 33.8 Å². The van der Waals surface area contributed by atoms with E-state index < -0.39 is 0 Å². The Morgan fingerprint density at radius 1 is 1.00 bits per heavy atom. The molecule has 0 aliphatic rings. The third-order valence-electron chi connectivity index (χ3n) is 4.49. The van der Waals surface area contributed by atoms with Crippen molar-refractivity contribution in [3.05, 3.63) is 89.5 Å². The van der Waals surface area contributed by atoms with Gasteiger partial charge in [0.2, 0.25) is 0 Å². The zero-order valence-corrected chi connectivity index (χ0v) is 17.4. The van der Waals surface area contributed by atoms with E-state index in [1.807, 2.05) is 49.4 Å². The molecule has 0 aliphatic carbocycles. The molecule has 0 saturated carbocycles. The summed E-state index contributed by atoms with van der Waals surface area (Å²) in [6, 6.07) is 23.7. The Balaban J connectivity index is 1.34. The Hall–Kier alpha value is -3.09. The molecule has 4 rings (SSSR count). The molecule has 0 bridgehead atoms. The first-order valence-electron chi connectivity index (χ1n) is 9.19. The molecule has 6 heteroatoms. The number of nitrogens with zero attached hydrogens (tertiary/aromatic N) is 1. The lowest BCUT2D eigenvalue weighted by atomic mass is 10.1. The number of hydrogen-bond donors (Lipinski definition) is 2. The maximum absolute atomic E-state index is 12.2. The Kier molecular flexibility index (Phi) is 5.64. The largest absolute Gasteiger partial charge is 0.358 e. The number of aromatic nitrogens is 1. The first-order valence-corrected chi connectivity index (χ1v) is 10.4. The van der Waals surface area contributed by atoms with Gasteiger partial charge in [-0.2, -0.15) is 0 Å². The number of carbonyl (C=O) groups is 1. The highest BCUT2D eigenvalue weighted by Crippen LogP contribution is 2.29. The number of aryl methyl sites for hydroxylation is 1. The molecular formula is C23H19N3OS2. The number of hydrogen-bond acceptors (Lipinski definition) is 4. The van der Waals surface area contributed by atoms with Crippen molar-refractivity contribution in [1.82, 2.24) is 15.6 Å². The highest BCUT2D eigenvalue weighted by molar-refractivity contribution is 7.80. The predicted octanol–water partition coefficient (Wildman–Crippen LogP) is 5.08. The maximum Gasteiger partial charge on any atom is 0.257 e. The van der Waals surface area contributed by atoms with E-state index >= 15 is 0 Å². The van der Waals surface area contributed by atoms with Crippen LogP contribution in [0, 0.1) is 6.92 Å². The van der Waals surface area contributed by atoms with Gasteiger partial charge in [-0.3, -0.25) is 10.1 Å². The van der Waals surface area contributed by atoms with Gasteiger partial charge in [-0.1, -0.05) is 54.1 Å². The smallest absolute Gasteiger partial charge is 0.257 e. The maximum atomic E-state index is 12.2. The molecule has 0 atom stereocenters. The Bertz CT molecular complexity index is 1130. The van der Waals surface area contributed by atoms with Gasteiger partial charge in [-0.15, -0.1) is 11.3 Å². The summed E-state index contributed by atoms with van der Waals surface area (Å²) in [7, 11) is 0. The summed E-state index contributed by atoms with van der Waals surface area (Å²) in [5.74, 6) is -0.214. The molecule has 0 saturated heterocycles. The van der Waals surface area contributed by atoms with Crippen LogP contribution in [-0.4, -0.2) is 16.0 Å². The molecule has 1 amide bonds. The van der Waals surface area contributed by atoms with Gasteiger partial charge in [0, 0.05) is 17.7 Å². The first kappa shape index (κ1) is 19.2. The van der Waals surface area contributed by atoms with Crippen LogP contribution in [0.1, 0.15) is 21.5 Å². The van der Waals surface area contributed by atoms with Gasteiger partial charge in [-0.05, 0) is 49.0 Å². The van der Waals surface area contributed by atoms with E-state index in [1.54, 1.807) is 23.5 Å². The van der Waals surface area contributed by atoms with Crippen LogP contribution in [0.3, 0.4) is 0 Å². The molecular weight excluding hydrogens is 398 g/mol. The number of para-hydroxylation sites is 1. The molecule has 0 unspecified atom stereocenters. The average molecular weight is 418 g/mol. The van der Waals surface area contributed by atoms with Crippen LogP contribution in [0.15, 0.2) is 72.8 Å².